The Morgan fingerprint density at radius 2 is 1.74 bits per heavy atom. The molecule has 100 valence electrons. The second-order valence-electron chi connectivity index (χ2n) is 4.27. The van der Waals surface area contributed by atoms with Crippen molar-refractivity contribution in [1.82, 2.24) is 5.43 Å². The van der Waals surface area contributed by atoms with E-state index in [1.165, 1.54) is 18.2 Å². The van der Waals surface area contributed by atoms with Crippen molar-refractivity contribution in [1.29, 1.82) is 0 Å². The third-order valence-electron chi connectivity index (χ3n) is 2.96. The van der Waals surface area contributed by atoms with Crippen LogP contribution in [0.4, 0.5) is 13.2 Å². The van der Waals surface area contributed by atoms with Crippen molar-refractivity contribution < 1.29 is 13.2 Å². The minimum Gasteiger partial charge on any atom is -0.271 e. The van der Waals surface area contributed by atoms with Crippen LogP contribution >= 0.6 is 0 Å². The van der Waals surface area contributed by atoms with Crippen LogP contribution in [-0.2, 0) is 0 Å². The monoisotopic (exact) mass is 266 g/mol. The number of nitrogens with two attached hydrogens (primary N) is 1. The standard InChI is InChI=1S/C14H13F3N2/c1-8-6-9(2-5-12(8)16)14(19-18)11-4-3-10(15)7-13(11)17/h2-7,14,19H,18H2,1H3. The van der Waals surface area contributed by atoms with Gasteiger partial charge in [-0.15, -0.1) is 0 Å². The third-order valence-corrected chi connectivity index (χ3v) is 2.96. The van der Waals surface area contributed by atoms with Gasteiger partial charge in [0, 0.05) is 11.6 Å². The topological polar surface area (TPSA) is 38.0 Å². The van der Waals surface area contributed by atoms with Crippen LogP contribution in [0, 0.1) is 24.4 Å². The average molecular weight is 266 g/mol. The maximum atomic E-state index is 13.7. The van der Waals surface area contributed by atoms with E-state index < -0.39 is 17.7 Å². The smallest absolute Gasteiger partial charge is 0.131 e. The number of nitrogens with one attached hydrogen (secondary N) is 1. The Morgan fingerprint density at radius 1 is 1.00 bits per heavy atom. The van der Waals surface area contributed by atoms with Crippen LogP contribution in [0.3, 0.4) is 0 Å². The highest BCUT2D eigenvalue weighted by Gasteiger charge is 2.17. The molecule has 3 N–H and O–H groups in total. The van der Waals surface area contributed by atoms with Crippen molar-refractivity contribution in [2.24, 2.45) is 5.84 Å². The highest BCUT2D eigenvalue weighted by Crippen LogP contribution is 2.25. The maximum absolute atomic E-state index is 13.7. The van der Waals surface area contributed by atoms with Crippen molar-refractivity contribution in [3.63, 3.8) is 0 Å². The quantitative estimate of drug-likeness (QED) is 0.662. The molecule has 0 spiro atoms. The van der Waals surface area contributed by atoms with Gasteiger partial charge in [-0.25, -0.2) is 18.6 Å². The molecule has 19 heavy (non-hydrogen) atoms. The Balaban J connectivity index is 2.46. The summed E-state index contributed by atoms with van der Waals surface area (Å²) in [4.78, 5) is 0. The molecule has 0 saturated carbocycles. The van der Waals surface area contributed by atoms with Crippen molar-refractivity contribution in [3.8, 4) is 0 Å². The molecule has 0 heterocycles. The van der Waals surface area contributed by atoms with Crippen LogP contribution in [0.25, 0.3) is 0 Å². The summed E-state index contributed by atoms with van der Waals surface area (Å²) >= 11 is 0. The minimum absolute atomic E-state index is 0.204. The minimum atomic E-state index is -0.704. The van der Waals surface area contributed by atoms with Crippen molar-refractivity contribution >= 4 is 0 Å². The van der Waals surface area contributed by atoms with E-state index in [0.29, 0.717) is 11.1 Å². The van der Waals surface area contributed by atoms with Gasteiger partial charge in [-0.3, -0.25) is 5.84 Å². The van der Waals surface area contributed by atoms with E-state index in [0.717, 1.165) is 12.1 Å². The molecular weight excluding hydrogens is 253 g/mol. The first-order chi connectivity index (χ1) is 9.02. The molecule has 0 aromatic heterocycles. The molecule has 1 unspecified atom stereocenters. The second kappa shape index (κ2) is 5.42. The first-order valence-corrected chi connectivity index (χ1v) is 5.70. The van der Waals surface area contributed by atoms with E-state index in [1.54, 1.807) is 13.0 Å². The number of halogens is 3. The first-order valence-electron chi connectivity index (χ1n) is 5.70. The lowest BCUT2D eigenvalue weighted by Crippen LogP contribution is -2.29. The van der Waals surface area contributed by atoms with Crippen molar-refractivity contribution in [3.05, 3.63) is 70.5 Å². The summed E-state index contributed by atoms with van der Waals surface area (Å²) in [6.07, 6.45) is 0. The predicted octanol–water partition coefficient (Wildman–Crippen LogP) is 2.97. The molecule has 0 aliphatic carbocycles. The summed E-state index contributed by atoms with van der Waals surface area (Å²) in [5.41, 5.74) is 3.69. The molecule has 2 aromatic rings. The van der Waals surface area contributed by atoms with E-state index in [1.807, 2.05) is 0 Å². The highest BCUT2D eigenvalue weighted by atomic mass is 19.1. The van der Waals surface area contributed by atoms with Crippen LogP contribution in [0.15, 0.2) is 36.4 Å². The van der Waals surface area contributed by atoms with Crippen LogP contribution in [0.2, 0.25) is 0 Å². The van der Waals surface area contributed by atoms with Gasteiger partial charge >= 0.3 is 0 Å². The van der Waals surface area contributed by atoms with E-state index in [-0.39, 0.29) is 11.4 Å². The predicted molar refractivity (Wildman–Crippen MR) is 66.7 cm³/mol. The molecule has 2 rings (SSSR count). The molecule has 5 heteroatoms. The SMILES string of the molecule is Cc1cc(C(NN)c2ccc(F)cc2F)ccc1F. The molecule has 0 aliphatic heterocycles. The number of hydrogen-bond acceptors (Lipinski definition) is 2. The molecular formula is C14H13F3N2. The Morgan fingerprint density at radius 3 is 2.32 bits per heavy atom. The molecule has 0 bridgehead atoms. The van der Waals surface area contributed by atoms with E-state index in [2.05, 4.69) is 5.43 Å². The fourth-order valence-corrected chi connectivity index (χ4v) is 1.95. The van der Waals surface area contributed by atoms with Crippen molar-refractivity contribution in [2.75, 3.05) is 0 Å². The van der Waals surface area contributed by atoms with Gasteiger partial charge in [0.2, 0.25) is 0 Å². The lowest BCUT2D eigenvalue weighted by atomic mass is 9.97. The zero-order valence-corrected chi connectivity index (χ0v) is 10.3. The van der Waals surface area contributed by atoms with Gasteiger partial charge in [-0.1, -0.05) is 18.2 Å². The largest absolute Gasteiger partial charge is 0.271 e. The van der Waals surface area contributed by atoms with E-state index in [9.17, 15) is 13.2 Å². The molecule has 0 radical (unpaired) electrons. The number of rotatable bonds is 3. The second-order valence-corrected chi connectivity index (χ2v) is 4.27. The summed E-state index contributed by atoms with van der Waals surface area (Å²) in [7, 11) is 0. The molecule has 0 fully saturated rings. The molecule has 1 atom stereocenters. The summed E-state index contributed by atoms with van der Waals surface area (Å²) in [6.45, 7) is 1.60. The highest BCUT2D eigenvalue weighted by molar-refractivity contribution is 5.35. The van der Waals surface area contributed by atoms with Crippen LogP contribution in [-0.4, -0.2) is 0 Å². The maximum Gasteiger partial charge on any atom is 0.131 e. The van der Waals surface area contributed by atoms with Gasteiger partial charge in [-0.2, -0.15) is 0 Å². The summed E-state index contributed by atoms with van der Waals surface area (Å²) in [5.74, 6) is 3.72. The van der Waals surface area contributed by atoms with Crippen LogP contribution in [0.1, 0.15) is 22.7 Å². The fraction of sp³-hybridized carbons (Fsp3) is 0.143. The van der Waals surface area contributed by atoms with Gasteiger partial charge < -0.3 is 0 Å². The van der Waals surface area contributed by atoms with Gasteiger partial charge in [0.15, 0.2) is 0 Å². The Hall–Kier alpha value is -1.85. The summed E-state index contributed by atoms with van der Waals surface area (Å²) < 4.78 is 39.9. The van der Waals surface area contributed by atoms with Crippen LogP contribution < -0.4 is 11.3 Å². The summed E-state index contributed by atoms with van der Waals surface area (Å²) in [6, 6.07) is 6.96. The average Bonchev–Trinajstić information content (AvgIpc) is 2.37. The molecule has 2 aromatic carbocycles. The van der Waals surface area contributed by atoms with E-state index >= 15 is 0 Å². The lowest BCUT2D eigenvalue weighted by molar-refractivity contribution is 0.540. The normalized spacial score (nSPS) is 12.5. The Bertz CT molecular complexity index is 599. The van der Waals surface area contributed by atoms with Crippen LogP contribution in [0.5, 0.6) is 0 Å². The van der Waals surface area contributed by atoms with Crippen molar-refractivity contribution in [2.45, 2.75) is 13.0 Å². The number of benzene rings is 2. The van der Waals surface area contributed by atoms with Gasteiger partial charge in [0.1, 0.15) is 17.5 Å². The Labute approximate surface area is 109 Å². The lowest BCUT2D eigenvalue weighted by Gasteiger charge is -2.18. The van der Waals surface area contributed by atoms with Gasteiger partial charge in [0.25, 0.3) is 0 Å². The first kappa shape index (κ1) is 13.6. The number of hydrogen-bond donors (Lipinski definition) is 2. The number of aryl methyl sites for hydroxylation is 1. The number of hydrazine groups is 1. The Kier molecular flexibility index (Phi) is 3.87. The third kappa shape index (κ3) is 2.77. The zero-order chi connectivity index (χ0) is 14.0. The van der Waals surface area contributed by atoms with Gasteiger partial charge in [0.05, 0.1) is 6.04 Å². The molecule has 2 nitrogen and oxygen atoms in total. The molecule has 0 aliphatic rings. The van der Waals surface area contributed by atoms with Gasteiger partial charge in [-0.05, 0) is 30.2 Å². The summed E-state index contributed by atoms with van der Waals surface area (Å²) in [5, 5.41) is 0. The zero-order valence-electron chi connectivity index (χ0n) is 10.3. The van der Waals surface area contributed by atoms with E-state index in [4.69, 9.17) is 5.84 Å². The fourth-order valence-electron chi connectivity index (χ4n) is 1.95. The molecule has 0 saturated heterocycles. The molecule has 0 amide bonds.